The van der Waals surface area contributed by atoms with Crippen molar-refractivity contribution < 1.29 is 9.59 Å². The van der Waals surface area contributed by atoms with E-state index in [1.54, 1.807) is 0 Å². The highest BCUT2D eigenvalue weighted by atomic mass is 16.2. The second-order valence-electron chi connectivity index (χ2n) is 6.35. The zero-order valence-corrected chi connectivity index (χ0v) is 12.2. The first kappa shape index (κ1) is 15.3. The molecule has 1 aliphatic heterocycles. The fourth-order valence-electron chi connectivity index (χ4n) is 3.52. The summed E-state index contributed by atoms with van der Waals surface area (Å²) in [5.41, 5.74) is 11.4. The van der Waals surface area contributed by atoms with Crippen molar-refractivity contribution in [1.82, 2.24) is 4.90 Å². The number of nitrogens with two attached hydrogens (primary N) is 2. The summed E-state index contributed by atoms with van der Waals surface area (Å²) in [5, 5.41) is 0. The van der Waals surface area contributed by atoms with Gasteiger partial charge in [0.15, 0.2) is 0 Å². The lowest BCUT2D eigenvalue weighted by molar-refractivity contribution is -0.138. The minimum absolute atomic E-state index is 0.00481. The van der Waals surface area contributed by atoms with Gasteiger partial charge in [0, 0.05) is 25.6 Å². The Morgan fingerprint density at radius 1 is 1.00 bits per heavy atom. The first-order valence-corrected chi connectivity index (χ1v) is 7.90. The maximum atomic E-state index is 12.6. The Kier molecular flexibility index (Phi) is 5.40. The quantitative estimate of drug-likeness (QED) is 0.756. The normalized spacial score (nSPS) is 28.9. The molecule has 1 saturated carbocycles. The number of likely N-dealkylation sites (tertiary alicyclic amines) is 1. The molecule has 114 valence electrons. The number of hydrogen-bond acceptors (Lipinski definition) is 3. The van der Waals surface area contributed by atoms with Crippen molar-refractivity contribution in [3.05, 3.63) is 0 Å². The minimum atomic E-state index is -0.236. The summed E-state index contributed by atoms with van der Waals surface area (Å²) in [6.07, 6.45) is 7.57. The smallest absolute Gasteiger partial charge is 0.227 e. The summed E-state index contributed by atoms with van der Waals surface area (Å²) in [7, 11) is 0. The van der Waals surface area contributed by atoms with Gasteiger partial charge in [0.25, 0.3) is 0 Å². The van der Waals surface area contributed by atoms with Crippen molar-refractivity contribution in [2.75, 3.05) is 13.1 Å². The van der Waals surface area contributed by atoms with Gasteiger partial charge in [-0.3, -0.25) is 9.59 Å². The average molecular weight is 281 g/mol. The van der Waals surface area contributed by atoms with E-state index >= 15 is 0 Å². The molecular weight excluding hydrogens is 254 g/mol. The predicted molar refractivity (Wildman–Crippen MR) is 77.7 cm³/mol. The van der Waals surface area contributed by atoms with Crippen LogP contribution in [0, 0.1) is 11.8 Å². The first-order valence-electron chi connectivity index (χ1n) is 7.90. The number of amides is 2. The van der Waals surface area contributed by atoms with Crippen LogP contribution in [0.2, 0.25) is 0 Å². The third-order valence-corrected chi connectivity index (χ3v) is 4.80. The molecule has 2 aliphatic rings. The maximum absolute atomic E-state index is 12.6. The Balaban J connectivity index is 1.85. The van der Waals surface area contributed by atoms with Crippen LogP contribution in [0.3, 0.4) is 0 Å². The first-order chi connectivity index (χ1) is 9.58. The highest BCUT2D eigenvalue weighted by Gasteiger charge is 2.32. The Labute approximate surface area is 121 Å². The molecule has 0 radical (unpaired) electrons. The Morgan fingerprint density at radius 3 is 2.30 bits per heavy atom. The van der Waals surface area contributed by atoms with Gasteiger partial charge in [-0.2, -0.15) is 0 Å². The van der Waals surface area contributed by atoms with Crippen LogP contribution in [0.25, 0.3) is 0 Å². The van der Waals surface area contributed by atoms with E-state index in [9.17, 15) is 9.59 Å². The molecule has 20 heavy (non-hydrogen) atoms. The third-order valence-electron chi connectivity index (χ3n) is 4.80. The van der Waals surface area contributed by atoms with Crippen LogP contribution >= 0.6 is 0 Å². The summed E-state index contributed by atoms with van der Waals surface area (Å²) in [4.78, 5) is 25.5. The van der Waals surface area contributed by atoms with E-state index in [1.807, 2.05) is 4.90 Å². The molecule has 0 bridgehead atoms. The fraction of sp³-hybridized carbons (Fsp3) is 0.867. The van der Waals surface area contributed by atoms with Gasteiger partial charge >= 0.3 is 0 Å². The molecular formula is C15H27N3O2. The van der Waals surface area contributed by atoms with Crippen molar-refractivity contribution in [2.24, 2.45) is 23.3 Å². The fourth-order valence-corrected chi connectivity index (χ4v) is 3.52. The Hall–Kier alpha value is -1.10. The SMILES string of the molecule is NC(=O)CC1CCN(C(=O)C2CCCCCC2N)CC1. The molecule has 2 unspecified atom stereocenters. The van der Waals surface area contributed by atoms with E-state index in [2.05, 4.69) is 0 Å². The molecule has 2 amide bonds. The standard InChI is InChI=1S/C15H27N3O2/c16-13-5-3-1-2-4-12(13)15(20)18-8-6-11(7-9-18)10-14(17)19/h11-13H,1-10,16H2,(H2,17,19). The largest absolute Gasteiger partial charge is 0.370 e. The molecule has 5 heteroatoms. The van der Waals surface area contributed by atoms with Gasteiger partial charge in [-0.15, -0.1) is 0 Å². The van der Waals surface area contributed by atoms with Gasteiger partial charge in [0.05, 0.1) is 5.92 Å². The molecule has 5 nitrogen and oxygen atoms in total. The van der Waals surface area contributed by atoms with Crippen LogP contribution in [-0.4, -0.2) is 35.8 Å². The van der Waals surface area contributed by atoms with Crippen LogP contribution < -0.4 is 11.5 Å². The number of hydrogen-bond donors (Lipinski definition) is 2. The summed E-state index contributed by atoms with van der Waals surface area (Å²) in [5.74, 6) is 0.349. The molecule has 0 aromatic rings. The van der Waals surface area contributed by atoms with E-state index in [0.717, 1.165) is 51.6 Å². The van der Waals surface area contributed by atoms with Crippen molar-refractivity contribution >= 4 is 11.8 Å². The molecule has 1 heterocycles. The maximum Gasteiger partial charge on any atom is 0.227 e. The van der Waals surface area contributed by atoms with Gasteiger partial charge in [-0.1, -0.05) is 19.3 Å². The molecule has 2 fully saturated rings. The second kappa shape index (κ2) is 7.07. The minimum Gasteiger partial charge on any atom is -0.370 e. The van der Waals surface area contributed by atoms with E-state index in [0.29, 0.717) is 12.3 Å². The van der Waals surface area contributed by atoms with Gasteiger partial charge in [-0.05, 0) is 31.6 Å². The van der Waals surface area contributed by atoms with Crippen molar-refractivity contribution in [1.29, 1.82) is 0 Å². The zero-order chi connectivity index (χ0) is 14.5. The van der Waals surface area contributed by atoms with E-state index in [4.69, 9.17) is 11.5 Å². The van der Waals surface area contributed by atoms with Gasteiger partial charge < -0.3 is 16.4 Å². The Morgan fingerprint density at radius 2 is 1.65 bits per heavy atom. The zero-order valence-electron chi connectivity index (χ0n) is 12.2. The van der Waals surface area contributed by atoms with E-state index in [-0.39, 0.29) is 23.8 Å². The summed E-state index contributed by atoms with van der Waals surface area (Å²) >= 11 is 0. The second-order valence-corrected chi connectivity index (χ2v) is 6.35. The monoisotopic (exact) mass is 281 g/mol. The van der Waals surface area contributed by atoms with Crippen LogP contribution in [0.15, 0.2) is 0 Å². The number of nitrogens with zero attached hydrogens (tertiary/aromatic N) is 1. The van der Waals surface area contributed by atoms with Gasteiger partial charge in [0.2, 0.25) is 11.8 Å². The lowest BCUT2D eigenvalue weighted by atomic mass is 9.90. The molecule has 4 N–H and O–H groups in total. The van der Waals surface area contributed by atoms with Crippen LogP contribution in [-0.2, 0) is 9.59 Å². The van der Waals surface area contributed by atoms with Crippen LogP contribution in [0.1, 0.15) is 51.4 Å². The number of rotatable bonds is 3. The molecule has 0 spiro atoms. The summed E-state index contributed by atoms with van der Waals surface area (Å²) in [6, 6.07) is 0.0216. The van der Waals surface area contributed by atoms with E-state index < -0.39 is 0 Å². The van der Waals surface area contributed by atoms with E-state index in [1.165, 1.54) is 6.42 Å². The van der Waals surface area contributed by atoms with Crippen molar-refractivity contribution in [3.8, 4) is 0 Å². The van der Waals surface area contributed by atoms with Gasteiger partial charge in [-0.25, -0.2) is 0 Å². The highest BCUT2D eigenvalue weighted by molar-refractivity contribution is 5.79. The molecule has 0 aromatic heterocycles. The number of primary amides is 1. The summed E-state index contributed by atoms with van der Waals surface area (Å²) < 4.78 is 0. The molecule has 1 aliphatic carbocycles. The number of piperidine rings is 1. The number of carbonyl (C=O) groups is 2. The van der Waals surface area contributed by atoms with Crippen molar-refractivity contribution in [2.45, 2.75) is 57.4 Å². The average Bonchev–Trinajstić information content (AvgIpc) is 2.63. The topological polar surface area (TPSA) is 89.4 Å². The number of carbonyl (C=O) groups excluding carboxylic acids is 2. The van der Waals surface area contributed by atoms with Gasteiger partial charge in [0.1, 0.15) is 0 Å². The predicted octanol–water partition coefficient (Wildman–Crippen LogP) is 1.01. The third kappa shape index (κ3) is 3.95. The molecule has 2 atom stereocenters. The van der Waals surface area contributed by atoms with Crippen LogP contribution in [0.4, 0.5) is 0 Å². The van der Waals surface area contributed by atoms with Crippen molar-refractivity contribution in [3.63, 3.8) is 0 Å². The lowest BCUT2D eigenvalue weighted by Crippen LogP contribution is -2.47. The van der Waals surface area contributed by atoms with Crippen LogP contribution in [0.5, 0.6) is 0 Å². The highest BCUT2D eigenvalue weighted by Crippen LogP contribution is 2.27. The Bertz CT molecular complexity index is 351. The molecule has 0 aromatic carbocycles. The molecule has 2 rings (SSSR count). The lowest BCUT2D eigenvalue weighted by Gasteiger charge is -2.35. The summed E-state index contributed by atoms with van der Waals surface area (Å²) in [6.45, 7) is 1.50. The molecule has 1 saturated heterocycles.